The normalized spacial score (nSPS) is 11.6. The van der Waals surface area contributed by atoms with Gasteiger partial charge in [0.05, 0.1) is 6.54 Å². The molecule has 5 heteroatoms. The number of benzene rings is 1. The largest absolute Gasteiger partial charge is 0.351 e. The van der Waals surface area contributed by atoms with Crippen molar-refractivity contribution in [2.75, 3.05) is 19.8 Å². The molecule has 1 aromatic carbocycles. The van der Waals surface area contributed by atoms with Crippen LogP contribution in [0.15, 0.2) is 27.7 Å². The second-order valence-corrected chi connectivity index (χ2v) is 4.35. The third-order valence-electron chi connectivity index (χ3n) is 2.15. The minimum Gasteiger partial charge on any atom is -0.351 e. The molecule has 0 spiro atoms. The van der Waals surface area contributed by atoms with Crippen LogP contribution in [-0.2, 0) is 9.47 Å². The van der Waals surface area contributed by atoms with E-state index in [0.717, 1.165) is 5.56 Å². The van der Waals surface area contributed by atoms with Gasteiger partial charge in [0.25, 0.3) is 0 Å². The lowest BCUT2D eigenvalue weighted by molar-refractivity contribution is -0.128. The van der Waals surface area contributed by atoms with Crippen molar-refractivity contribution in [1.82, 2.24) is 0 Å². The first-order valence-electron chi connectivity index (χ1n) is 5.85. The number of ether oxygens (including phenoxy) is 2. The highest BCUT2D eigenvalue weighted by atomic mass is 79.9. The van der Waals surface area contributed by atoms with Crippen LogP contribution in [0.1, 0.15) is 19.4 Å². The van der Waals surface area contributed by atoms with Crippen LogP contribution in [0.4, 0.5) is 4.39 Å². The van der Waals surface area contributed by atoms with Gasteiger partial charge in [-0.05, 0) is 32.0 Å². The molecule has 0 saturated carbocycles. The molecular weight excluding hydrogens is 301 g/mol. The fourth-order valence-corrected chi connectivity index (χ4v) is 1.82. The molecule has 0 aromatic heterocycles. The summed E-state index contributed by atoms with van der Waals surface area (Å²) in [6.45, 7) is 5.41. The van der Waals surface area contributed by atoms with Crippen LogP contribution in [-0.4, -0.2) is 32.3 Å². The van der Waals surface area contributed by atoms with E-state index >= 15 is 0 Å². The number of hydrogen-bond donors (Lipinski definition) is 0. The molecule has 0 N–H and O–H groups in total. The van der Waals surface area contributed by atoms with Gasteiger partial charge in [-0.3, -0.25) is 4.99 Å². The zero-order chi connectivity index (χ0) is 13.4. The molecule has 0 aliphatic rings. The molecule has 1 rings (SSSR count). The number of aliphatic imine (C=N–C) groups is 1. The van der Waals surface area contributed by atoms with Gasteiger partial charge < -0.3 is 9.47 Å². The van der Waals surface area contributed by atoms with Crippen molar-refractivity contribution in [3.63, 3.8) is 0 Å². The Hall–Kier alpha value is -0.780. The zero-order valence-corrected chi connectivity index (χ0v) is 12.1. The standard InChI is InChI=1S/C13H17BrFNO2/c1-3-17-13(18-4-2)9-16-8-10-5-6-11(15)7-12(10)14/h5-8,13H,3-4,9H2,1-2H3. The van der Waals surface area contributed by atoms with Crippen molar-refractivity contribution >= 4 is 22.1 Å². The molecular formula is C13H17BrFNO2. The maximum absolute atomic E-state index is 12.9. The van der Waals surface area contributed by atoms with Gasteiger partial charge in [0.1, 0.15) is 5.82 Å². The maximum atomic E-state index is 12.9. The van der Waals surface area contributed by atoms with Crippen molar-refractivity contribution in [2.24, 2.45) is 4.99 Å². The van der Waals surface area contributed by atoms with E-state index in [1.165, 1.54) is 12.1 Å². The molecule has 0 atom stereocenters. The van der Waals surface area contributed by atoms with Crippen molar-refractivity contribution in [3.05, 3.63) is 34.1 Å². The lowest BCUT2D eigenvalue weighted by Crippen LogP contribution is -2.20. The monoisotopic (exact) mass is 317 g/mol. The summed E-state index contributed by atoms with van der Waals surface area (Å²) in [5.74, 6) is -0.277. The van der Waals surface area contributed by atoms with Crippen molar-refractivity contribution in [1.29, 1.82) is 0 Å². The van der Waals surface area contributed by atoms with Gasteiger partial charge >= 0.3 is 0 Å². The molecule has 18 heavy (non-hydrogen) atoms. The average Bonchev–Trinajstić information content (AvgIpc) is 2.32. The summed E-state index contributed by atoms with van der Waals surface area (Å²) in [7, 11) is 0. The minimum absolute atomic E-state index is 0.277. The molecule has 0 fully saturated rings. The van der Waals surface area contributed by atoms with Gasteiger partial charge in [0.2, 0.25) is 0 Å². The Morgan fingerprint density at radius 2 is 2.00 bits per heavy atom. The Labute approximate surface area is 115 Å². The first kappa shape index (κ1) is 15.3. The van der Waals surface area contributed by atoms with Crippen molar-refractivity contribution in [3.8, 4) is 0 Å². The molecule has 3 nitrogen and oxygen atoms in total. The van der Waals surface area contributed by atoms with E-state index < -0.39 is 0 Å². The minimum atomic E-state index is -0.324. The van der Waals surface area contributed by atoms with Crippen LogP contribution in [0.5, 0.6) is 0 Å². The summed E-state index contributed by atoms with van der Waals surface area (Å²) in [6.07, 6.45) is 1.35. The van der Waals surface area contributed by atoms with Crippen LogP contribution in [0.3, 0.4) is 0 Å². The first-order chi connectivity index (χ1) is 8.67. The Kier molecular flexibility index (Phi) is 7.08. The number of hydrogen-bond acceptors (Lipinski definition) is 3. The van der Waals surface area contributed by atoms with E-state index in [-0.39, 0.29) is 12.1 Å². The Morgan fingerprint density at radius 3 is 2.56 bits per heavy atom. The molecule has 1 aromatic rings. The van der Waals surface area contributed by atoms with Crippen LogP contribution in [0.2, 0.25) is 0 Å². The average molecular weight is 318 g/mol. The highest BCUT2D eigenvalue weighted by molar-refractivity contribution is 9.10. The Bertz CT molecular complexity index is 393. The molecule has 0 radical (unpaired) electrons. The highest BCUT2D eigenvalue weighted by Gasteiger charge is 2.05. The first-order valence-corrected chi connectivity index (χ1v) is 6.64. The van der Waals surface area contributed by atoms with E-state index in [1.807, 2.05) is 13.8 Å². The number of rotatable bonds is 7. The third kappa shape index (κ3) is 5.25. The van der Waals surface area contributed by atoms with E-state index in [1.54, 1.807) is 12.3 Å². The molecule has 0 aliphatic heterocycles. The smallest absolute Gasteiger partial charge is 0.176 e. The fraction of sp³-hybridized carbons (Fsp3) is 0.462. The summed E-state index contributed by atoms with van der Waals surface area (Å²) < 4.78 is 24.3. The fourth-order valence-electron chi connectivity index (χ4n) is 1.37. The second kappa shape index (κ2) is 8.34. The molecule has 100 valence electrons. The van der Waals surface area contributed by atoms with Crippen molar-refractivity contribution < 1.29 is 13.9 Å². The summed E-state index contributed by atoms with van der Waals surface area (Å²) in [5.41, 5.74) is 0.822. The molecule has 0 aliphatic carbocycles. The van der Waals surface area contributed by atoms with Crippen LogP contribution < -0.4 is 0 Å². The second-order valence-electron chi connectivity index (χ2n) is 3.50. The van der Waals surface area contributed by atoms with Gasteiger partial charge in [0.15, 0.2) is 6.29 Å². The quantitative estimate of drug-likeness (QED) is 0.570. The predicted molar refractivity (Wildman–Crippen MR) is 73.6 cm³/mol. The molecule has 0 heterocycles. The van der Waals surface area contributed by atoms with Crippen LogP contribution in [0.25, 0.3) is 0 Å². The molecule has 0 amide bonds. The Morgan fingerprint density at radius 1 is 1.33 bits per heavy atom. The highest BCUT2D eigenvalue weighted by Crippen LogP contribution is 2.16. The summed E-state index contributed by atoms with van der Waals surface area (Å²) in [5, 5.41) is 0. The van der Waals surface area contributed by atoms with E-state index in [4.69, 9.17) is 9.47 Å². The topological polar surface area (TPSA) is 30.8 Å². The van der Waals surface area contributed by atoms with Gasteiger partial charge in [-0.25, -0.2) is 4.39 Å². The van der Waals surface area contributed by atoms with Crippen LogP contribution >= 0.6 is 15.9 Å². The predicted octanol–water partition coefficient (Wildman–Crippen LogP) is 3.41. The van der Waals surface area contributed by atoms with E-state index in [2.05, 4.69) is 20.9 Å². The van der Waals surface area contributed by atoms with Gasteiger partial charge in [-0.15, -0.1) is 0 Å². The van der Waals surface area contributed by atoms with Gasteiger partial charge in [-0.2, -0.15) is 0 Å². The third-order valence-corrected chi connectivity index (χ3v) is 2.84. The molecule has 0 bridgehead atoms. The van der Waals surface area contributed by atoms with E-state index in [0.29, 0.717) is 24.2 Å². The zero-order valence-electron chi connectivity index (χ0n) is 10.5. The summed E-state index contributed by atoms with van der Waals surface area (Å²) in [4.78, 5) is 4.24. The Balaban J connectivity index is 2.57. The number of nitrogens with zero attached hydrogens (tertiary/aromatic N) is 1. The van der Waals surface area contributed by atoms with Gasteiger partial charge in [0, 0.05) is 29.5 Å². The lowest BCUT2D eigenvalue weighted by Gasteiger charge is -2.14. The SMILES string of the molecule is CCOC(CN=Cc1ccc(F)cc1Br)OCC. The molecule has 0 saturated heterocycles. The van der Waals surface area contributed by atoms with Crippen LogP contribution in [0, 0.1) is 5.82 Å². The van der Waals surface area contributed by atoms with Gasteiger partial charge in [-0.1, -0.05) is 15.9 Å². The van der Waals surface area contributed by atoms with E-state index in [9.17, 15) is 4.39 Å². The summed E-state index contributed by atoms with van der Waals surface area (Å²) >= 11 is 3.28. The summed E-state index contributed by atoms with van der Waals surface area (Å²) in [6, 6.07) is 4.47. The number of halogens is 2. The molecule has 0 unspecified atom stereocenters. The van der Waals surface area contributed by atoms with Crippen molar-refractivity contribution in [2.45, 2.75) is 20.1 Å². The maximum Gasteiger partial charge on any atom is 0.176 e. The lowest BCUT2D eigenvalue weighted by atomic mass is 10.2.